The number of hydrogen-bond donors (Lipinski definition) is 0. The lowest BCUT2D eigenvalue weighted by Crippen LogP contribution is -2.26. The molecule has 2 aliphatic rings. The van der Waals surface area contributed by atoms with E-state index >= 15 is 0 Å². The summed E-state index contributed by atoms with van der Waals surface area (Å²) in [6.45, 7) is 3.59. The smallest absolute Gasteiger partial charge is 0.239 e. The highest BCUT2D eigenvalue weighted by Gasteiger charge is 2.48. The lowest BCUT2D eigenvalue weighted by atomic mass is 10.0. The van der Waals surface area contributed by atoms with E-state index in [4.69, 9.17) is 22.3 Å². The van der Waals surface area contributed by atoms with Gasteiger partial charge in [-0.05, 0) is 35.5 Å². The third-order valence-electron chi connectivity index (χ3n) is 7.39. The van der Waals surface area contributed by atoms with Crippen LogP contribution in [-0.2, 0) is 36.9 Å². The average molecular weight is 650 g/mol. The Hall–Kier alpha value is -4.51. The first-order chi connectivity index (χ1) is 22.5. The van der Waals surface area contributed by atoms with Crippen molar-refractivity contribution in [2.45, 2.75) is 19.0 Å². The molecule has 1 aliphatic carbocycles. The summed E-state index contributed by atoms with van der Waals surface area (Å²) >= 11 is 2.66. The van der Waals surface area contributed by atoms with Gasteiger partial charge in [0.2, 0.25) is 16.6 Å². The summed E-state index contributed by atoms with van der Waals surface area (Å²) in [6, 6.07) is 23.6. The van der Waals surface area contributed by atoms with Crippen LogP contribution in [0, 0.1) is 24.7 Å². The number of nitrogens with zero attached hydrogens (tertiary/aromatic N) is 2. The van der Waals surface area contributed by atoms with Crippen LogP contribution in [0.3, 0.4) is 0 Å². The SMILES string of the molecule is C#CCOCCN(Cc1ccccc1)c1ccc(C2C(=O)C(=O)/C(=C3/C=CC(=[N+](CCOCC#C)Cc4ccccc4)S3)C2=O)s1. The van der Waals surface area contributed by atoms with Crippen LogP contribution in [0.5, 0.6) is 0 Å². The van der Waals surface area contributed by atoms with Crippen LogP contribution in [0.1, 0.15) is 21.9 Å². The number of thiophene rings is 1. The first-order valence-corrected chi connectivity index (χ1v) is 16.4. The molecule has 1 fully saturated rings. The van der Waals surface area contributed by atoms with Crippen molar-refractivity contribution in [2.75, 3.05) is 44.4 Å². The number of terminal acetylenes is 2. The van der Waals surface area contributed by atoms with Gasteiger partial charge < -0.3 is 14.4 Å². The maximum absolute atomic E-state index is 13.8. The van der Waals surface area contributed by atoms with E-state index in [1.54, 1.807) is 12.1 Å². The number of carbonyl (C=O) groups is 3. The Morgan fingerprint density at radius 3 is 2.17 bits per heavy atom. The molecule has 46 heavy (non-hydrogen) atoms. The summed E-state index contributed by atoms with van der Waals surface area (Å²) in [4.78, 5) is 43.6. The number of ether oxygens (including phenoxy) is 2. The van der Waals surface area contributed by atoms with Crippen molar-refractivity contribution >= 4 is 50.5 Å². The minimum Gasteiger partial charge on any atom is -0.367 e. The van der Waals surface area contributed by atoms with Gasteiger partial charge in [0.15, 0.2) is 18.9 Å². The van der Waals surface area contributed by atoms with Crippen molar-refractivity contribution < 1.29 is 28.4 Å². The second-order valence-electron chi connectivity index (χ2n) is 10.5. The van der Waals surface area contributed by atoms with Crippen LogP contribution in [0.4, 0.5) is 5.00 Å². The Morgan fingerprint density at radius 2 is 1.48 bits per heavy atom. The molecule has 1 atom stereocenters. The predicted molar refractivity (Wildman–Crippen MR) is 183 cm³/mol. The van der Waals surface area contributed by atoms with E-state index in [2.05, 4.69) is 21.3 Å². The van der Waals surface area contributed by atoms with Crippen molar-refractivity contribution in [3.05, 3.63) is 111 Å². The van der Waals surface area contributed by atoms with E-state index in [0.717, 1.165) is 21.2 Å². The second kappa shape index (κ2) is 16.2. The highest BCUT2D eigenvalue weighted by molar-refractivity contribution is 8.18. The molecule has 3 aromatic rings. The van der Waals surface area contributed by atoms with E-state index in [0.29, 0.717) is 49.2 Å². The first kappa shape index (κ1) is 32.9. The quantitative estimate of drug-likeness (QED) is 0.0462. The summed E-state index contributed by atoms with van der Waals surface area (Å²) in [6.07, 6.45) is 14.3. The Labute approximate surface area is 277 Å². The molecule has 232 valence electrons. The lowest BCUT2D eigenvalue weighted by Gasteiger charge is -2.23. The van der Waals surface area contributed by atoms with Crippen LogP contribution in [0.15, 0.2) is 95.4 Å². The van der Waals surface area contributed by atoms with Crippen molar-refractivity contribution in [1.82, 2.24) is 0 Å². The largest absolute Gasteiger partial charge is 0.367 e. The molecule has 0 saturated heterocycles. The fourth-order valence-electron chi connectivity index (χ4n) is 5.17. The molecule has 5 rings (SSSR count). The molecular formula is C37H33N2O5S2+. The molecule has 1 aromatic heterocycles. The van der Waals surface area contributed by atoms with Crippen LogP contribution in [0.2, 0.25) is 0 Å². The number of thioether (sulfide) groups is 1. The van der Waals surface area contributed by atoms with E-state index in [-0.39, 0.29) is 18.8 Å². The Bertz CT molecular complexity index is 1760. The van der Waals surface area contributed by atoms with Crippen LogP contribution < -0.4 is 4.90 Å². The zero-order chi connectivity index (χ0) is 32.3. The van der Waals surface area contributed by atoms with Gasteiger partial charge in [0.05, 0.1) is 17.2 Å². The normalized spacial score (nSPS) is 18.6. The van der Waals surface area contributed by atoms with Crippen LogP contribution in [-0.4, -0.2) is 66.5 Å². The summed E-state index contributed by atoms with van der Waals surface area (Å²) in [7, 11) is 0. The van der Waals surface area contributed by atoms with Gasteiger partial charge in [0, 0.05) is 34.5 Å². The highest BCUT2D eigenvalue weighted by Crippen LogP contribution is 2.41. The fourth-order valence-corrected chi connectivity index (χ4v) is 7.38. The zero-order valence-electron chi connectivity index (χ0n) is 25.2. The summed E-state index contributed by atoms with van der Waals surface area (Å²) in [5, 5.41) is 1.72. The number of carbonyl (C=O) groups excluding carboxylic acids is 3. The molecule has 2 heterocycles. The van der Waals surface area contributed by atoms with Gasteiger partial charge in [0.25, 0.3) is 0 Å². The fraction of sp³-hybridized carbons (Fsp3) is 0.243. The van der Waals surface area contributed by atoms with Gasteiger partial charge in [0.1, 0.15) is 25.7 Å². The van der Waals surface area contributed by atoms with E-state index < -0.39 is 23.3 Å². The van der Waals surface area contributed by atoms with Gasteiger partial charge in [-0.1, -0.05) is 72.5 Å². The topological polar surface area (TPSA) is 75.9 Å². The lowest BCUT2D eigenvalue weighted by molar-refractivity contribution is -0.543. The van der Waals surface area contributed by atoms with E-state index in [1.165, 1.54) is 23.1 Å². The van der Waals surface area contributed by atoms with Crippen molar-refractivity contribution in [1.29, 1.82) is 0 Å². The molecule has 7 nitrogen and oxygen atoms in total. The van der Waals surface area contributed by atoms with Crippen LogP contribution >= 0.6 is 23.1 Å². The third-order valence-corrected chi connectivity index (χ3v) is 9.77. The molecule has 1 saturated carbocycles. The monoisotopic (exact) mass is 649 g/mol. The van der Waals surface area contributed by atoms with E-state index in [1.807, 2.05) is 72.8 Å². The average Bonchev–Trinajstić information content (AvgIpc) is 3.80. The number of rotatable bonds is 14. The molecule has 2 aromatic carbocycles. The predicted octanol–water partition coefficient (Wildman–Crippen LogP) is 5.03. The van der Waals surface area contributed by atoms with Gasteiger partial charge in [-0.25, -0.2) is 4.58 Å². The third kappa shape index (κ3) is 8.00. The summed E-state index contributed by atoms with van der Waals surface area (Å²) < 4.78 is 13.2. The molecule has 1 aliphatic heterocycles. The molecule has 1 unspecified atom stereocenters. The van der Waals surface area contributed by atoms with Gasteiger partial charge in [-0.2, -0.15) is 0 Å². The minimum atomic E-state index is -1.15. The molecule has 0 radical (unpaired) electrons. The molecule has 0 bridgehead atoms. The first-order valence-electron chi connectivity index (χ1n) is 14.8. The molecule has 0 spiro atoms. The standard InChI is InChI=1S/C37H33N2O5S2/c1-3-21-43-23-19-38(25-27-11-7-5-8-12-27)31-17-15-29(45-31)33-35(40)34(37(42)36(33)41)30-16-18-32(46-30)39(20-24-44-22-4-2)26-28-13-9-6-10-14-28/h1-2,5-18,33H,19-26H2/q+1/b34-30-,39-32?. The van der Waals surface area contributed by atoms with Crippen molar-refractivity contribution in [2.24, 2.45) is 0 Å². The number of allylic oxidation sites excluding steroid dienone is 2. The van der Waals surface area contributed by atoms with Gasteiger partial charge >= 0.3 is 0 Å². The summed E-state index contributed by atoms with van der Waals surface area (Å²) in [5.74, 6) is 1.90. The Balaban J connectivity index is 1.37. The van der Waals surface area contributed by atoms with Gasteiger partial charge in [-0.15, -0.1) is 24.2 Å². The van der Waals surface area contributed by atoms with Crippen molar-refractivity contribution in [3.63, 3.8) is 0 Å². The Morgan fingerprint density at radius 1 is 0.804 bits per heavy atom. The number of Topliss-reactive ketones (excluding diaryl/α,β-unsaturated/α-hetero) is 3. The number of benzene rings is 2. The second-order valence-corrected chi connectivity index (χ2v) is 12.7. The van der Waals surface area contributed by atoms with Gasteiger partial charge in [-0.3, -0.25) is 14.4 Å². The maximum atomic E-state index is 13.8. The zero-order valence-corrected chi connectivity index (χ0v) is 26.9. The maximum Gasteiger partial charge on any atom is 0.239 e. The number of anilines is 1. The Kier molecular flexibility index (Phi) is 11.6. The summed E-state index contributed by atoms with van der Waals surface area (Å²) in [5.41, 5.74) is 2.15. The number of hydrogen-bond acceptors (Lipinski definition) is 8. The molecule has 0 amide bonds. The number of ketones is 3. The molecule has 9 heteroatoms. The highest BCUT2D eigenvalue weighted by atomic mass is 32.2. The molecule has 0 N–H and O–H groups in total. The van der Waals surface area contributed by atoms with E-state index in [9.17, 15) is 14.4 Å². The van der Waals surface area contributed by atoms with Crippen LogP contribution in [0.25, 0.3) is 0 Å². The minimum absolute atomic E-state index is 0.0479. The van der Waals surface area contributed by atoms with Crippen molar-refractivity contribution in [3.8, 4) is 24.7 Å². The molecular weight excluding hydrogens is 617 g/mol.